The summed E-state index contributed by atoms with van der Waals surface area (Å²) in [6, 6.07) is 4.68. The van der Waals surface area contributed by atoms with E-state index in [0.29, 0.717) is 11.9 Å². The molecule has 0 saturated carbocycles. The Morgan fingerprint density at radius 1 is 1.44 bits per heavy atom. The lowest BCUT2D eigenvalue weighted by Crippen LogP contribution is -2.41. The predicted molar refractivity (Wildman–Crippen MR) is 74.0 cm³/mol. The van der Waals surface area contributed by atoms with Crippen LogP contribution < -0.4 is 11.3 Å². The Balaban J connectivity index is 1.87. The Kier molecular flexibility index (Phi) is 4.52. The molecule has 1 fully saturated rings. The van der Waals surface area contributed by atoms with Crippen LogP contribution in [-0.2, 0) is 6.54 Å². The number of hydrazine groups is 1. The zero-order valence-corrected chi connectivity index (χ0v) is 11.3. The summed E-state index contributed by atoms with van der Waals surface area (Å²) in [7, 11) is 4.39. The molecule has 0 spiro atoms. The van der Waals surface area contributed by atoms with Gasteiger partial charge in [0.2, 0.25) is 0 Å². The first-order valence-electron chi connectivity index (χ1n) is 6.49. The van der Waals surface area contributed by atoms with Gasteiger partial charge < -0.3 is 10.3 Å². The fraction of sp³-hybridized carbons (Fsp3) is 0.615. The third kappa shape index (κ3) is 3.41. The number of nitrogens with two attached hydrogens (primary N) is 1. The van der Waals surface area contributed by atoms with Gasteiger partial charge in [0.1, 0.15) is 5.82 Å². The molecule has 1 aromatic heterocycles. The number of nitrogens with zero attached hydrogens (tertiary/aromatic N) is 3. The molecule has 1 saturated heterocycles. The van der Waals surface area contributed by atoms with Crippen LogP contribution in [0, 0.1) is 0 Å². The van der Waals surface area contributed by atoms with Crippen LogP contribution in [0.3, 0.4) is 0 Å². The second-order valence-electron chi connectivity index (χ2n) is 5.15. The van der Waals surface area contributed by atoms with E-state index >= 15 is 0 Å². The molecule has 18 heavy (non-hydrogen) atoms. The van der Waals surface area contributed by atoms with E-state index in [-0.39, 0.29) is 0 Å². The molecule has 0 unspecified atom stereocenters. The molecule has 1 aromatic rings. The van der Waals surface area contributed by atoms with E-state index in [9.17, 15) is 0 Å². The lowest BCUT2D eigenvalue weighted by molar-refractivity contribution is 0.139. The number of nitrogen functional groups attached to an aromatic ring is 1. The highest BCUT2D eigenvalue weighted by molar-refractivity contribution is 5.33. The highest BCUT2D eigenvalue weighted by Gasteiger charge is 2.20. The topological polar surface area (TPSA) is 57.4 Å². The predicted octanol–water partition coefficient (Wildman–Crippen LogP) is 0.893. The summed E-state index contributed by atoms with van der Waals surface area (Å²) >= 11 is 0. The number of piperidine rings is 1. The number of hydrogen-bond donors (Lipinski definition) is 2. The van der Waals surface area contributed by atoms with Crippen LogP contribution in [0.4, 0.5) is 5.82 Å². The third-order valence-corrected chi connectivity index (χ3v) is 3.72. The van der Waals surface area contributed by atoms with Gasteiger partial charge in [0.25, 0.3) is 0 Å². The Morgan fingerprint density at radius 3 is 2.72 bits per heavy atom. The van der Waals surface area contributed by atoms with Gasteiger partial charge in [-0.1, -0.05) is 6.07 Å². The van der Waals surface area contributed by atoms with Crippen molar-refractivity contribution in [3.63, 3.8) is 0 Å². The molecule has 0 amide bonds. The summed E-state index contributed by atoms with van der Waals surface area (Å²) < 4.78 is 0. The highest BCUT2D eigenvalue weighted by atomic mass is 15.2. The molecular weight excluding hydrogens is 226 g/mol. The van der Waals surface area contributed by atoms with Crippen LogP contribution in [0.2, 0.25) is 0 Å². The first-order valence-corrected chi connectivity index (χ1v) is 6.49. The van der Waals surface area contributed by atoms with Gasteiger partial charge in [0.05, 0.1) is 0 Å². The van der Waals surface area contributed by atoms with Crippen molar-refractivity contribution in [1.29, 1.82) is 0 Å². The van der Waals surface area contributed by atoms with Crippen molar-refractivity contribution < 1.29 is 0 Å². The van der Waals surface area contributed by atoms with Crippen LogP contribution in [0.15, 0.2) is 18.3 Å². The number of pyridine rings is 1. The quantitative estimate of drug-likeness (QED) is 0.613. The van der Waals surface area contributed by atoms with E-state index in [1.165, 1.54) is 31.5 Å². The zero-order chi connectivity index (χ0) is 13.0. The molecule has 1 aliphatic rings. The summed E-state index contributed by atoms with van der Waals surface area (Å²) in [4.78, 5) is 9.06. The number of hydrogen-bond acceptors (Lipinski definition) is 5. The summed E-state index contributed by atoms with van der Waals surface area (Å²) in [5.41, 5.74) is 3.78. The van der Waals surface area contributed by atoms with Crippen molar-refractivity contribution in [2.75, 3.05) is 32.6 Å². The SMILES string of the molecule is CN1CCC(N(C)Cc2ccc(NN)nc2)CC1. The average molecular weight is 249 g/mol. The van der Waals surface area contributed by atoms with Gasteiger partial charge in [-0.15, -0.1) is 0 Å². The lowest BCUT2D eigenvalue weighted by atomic mass is 10.0. The second-order valence-corrected chi connectivity index (χ2v) is 5.15. The Bertz CT molecular complexity index is 356. The summed E-state index contributed by atoms with van der Waals surface area (Å²) in [6.07, 6.45) is 4.40. The maximum absolute atomic E-state index is 5.30. The van der Waals surface area contributed by atoms with E-state index in [0.717, 1.165) is 6.54 Å². The molecule has 100 valence electrons. The van der Waals surface area contributed by atoms with Crippen molar-refractivity contribution >= 4 is 5.82 Å². The fourth-order valence-electron chi connectivity index (χ4n) is 2.46. The number of rotatable bonds is 4. The van der Waals surface area contributed by atoms with Gasteiger partial charge in [0.15, 0.2) is 0 Å². The molecule has 0 atom stereocenters. The maximum atomic E-state index is 5.30. The van der Waals surface area contributed by atoms with Crippen molar-refractivity contribution in [1.82, 2.24) is 14.8 Å². The summed E-state index contributed by atoms with van der Waals surface area (Å²) in [5, 5.41) is 0. The Morgan fingerprint density at radius 2 is 2.17 bits per heavy atom. The van der Waals surface area contributed by atoms with E-state index in [1.807, 2.05) is 12.3 Å². The van der Waals surface area contributed by atoms with Gasteiger partial charge in [-0.2, -0.15) is 0 Å². The molecule has 0 aromatic carbocycles. The smallest absolute Gasteiger partial charge is 0.139 e. The molecule has 1 aliphatic heterocycles. The Hall–Kier alpha value is -1.17. The maximum Gasteiger partial charge on any atom is 0.139 e. The minimum absolute atomic E-state index is 0.688. The monoisotopic (exact) mass is 249 g/mol. The van der Waals surface area contributed by atoms with Crippen molar-refractivity contribution in [3.8, 4) is 0 Å². The molecule has 2 heterocycles. The van der Waals surface area contributed by atoms with Gasteiger partial charge in [-0.3, -0.25) is 4.90 Å². The first kappa shape index (κ1) is 13.3. The number of nitrogens with one attached hydrogen (secondary N) is 1. The number of likely N-dealkylation sites (tertiary alicyclic amines) is 1. The van der Waals surface area contributed by atoms with Crippen molar-refractivity contribution in [2.45, 2.75) is 25.4 Å². The van der Waals surface area contributed by atoms with E-state index in [2.05, 4.69) is 40.4 Å². The minimum Gasteiger partial charge on any atom is -0.308 e. The van der Waals surface area contributed by atoms with Crippen molar-refractivity contribution in [3.05, 3.63) is 23.9 Å². The molecule has 5 heteroatoms. The van der Waals surface area contributed by atoms with Gasteiger partial charge in [0, 0.05) is 18.8 Å². The first-order chi connectivity index (χ1) is 8.69. The van der Waals surface area contributed by atoms with Crippen LogP contribution in [0.25, 0.3) is 0 Å². The molecule has 2 rings (SSSR count). The van der Waals surface area contributed by atoms with Crippen LogP contribution in [-0.4, -0.2) is 48.0 Å². The van der Waals surface area contributed by atoms with Gasteiger partial charge in [-0.25, -0.2) is 10.8 Å². The summed E-state index contributed by atoms with van der Waals surface area (Å²) in [6.45, 7) is 3.35. The molecular formula is C13H23N5. The Labute approximate surface area is 109 Å². The molecule has 5 nitrogen and oxygen atoms in total. The summed E-state index contributed by atoms with van der Waals surface area (Å²) in [5.74, 6) is 6.01. The van der Waals surface area contributed by atoms with E-state index < -0.39 is 0 Å². The second kappa shape index (κ2) is 6.13. The highest BCUT2D eigenvalue weighted by Crippen LogP contribution is 2.16. The molecule has 0 bridgehead atoms. The van der Waals surface area contributed by atoms with E-state index in [1.54, 1.807) is 0 Å². The third-order valence-electron chi connectivity index (χ3n) is 3.72. The van der Waals surface area contributed by atoms with Crippen molar-refractivity contribution in [2.24, 2.45) is 5.84 Å². The van der Waals surface area contributed by atoms with Gasteiger partial charge in [-0.05, 0) is 51.7 Å². The number of anilines is 1. The fourth-order valence-corrected chi connectivity index (χ4v) is 2.46. The average Bonchev–Trinajstić information content (AvgIpc) is 2.40. The lowest BCUT2D eigenvalue weighted by Gasteiger charge is -2.35. The largest absolute Gasteiger partial charge is 0.308 e. The molecule has 0 aliphatic carbocycles. The minimum atomic E-state index is 0.688. The normalized spacial score (nSPS) is 18.2. The van der Waals surface area contributed by atoms with Crippen LogP contribution in [0.1, 0.15) is 18.4 Å². The van der Waals surface area contributed by atoms with Crippen LogP contribution >= 0.6 is 0 Å². The van der Waals surface area contributed by atoms with Crippen LogP contribution in [0.5, 0.6) is 0 Å². The van der Waals surface area contributed by atoms with E-state index in [4.69, 9.17) is 5.84 Å². The standard InChI is InChI=1S/C13H23N5/c1-17-7-5-12(6-8-17)18(2)10-11-3-4-13(16-14)15-9-11/h3-4,9,12H,5-8,10,14H2,1-2H3,(H,15,16). The molecule has 0 radical (unpaired) electrons. The number of aromatic nitrogens is 1. The molecule has 3 N–H and O–H groups in total. The van der Waals surface area contributed by atoms with Gasteiger partial charge >= 0.3 is 0 Å². The zero-order valence-electron chi connectivity index (χ0n) is 11.3.